The highest BCUT2D eigenvalue weighted by Gasteiger charge is 2.24. The van der Waals surface area contributed by atoms with Crippen LogP contribution in [0.15, 0.2) is 5.18 Å². The molecule has 0 aromatic carbocycles. The highest BCUT2D eigenvalue weighted by Crippen LogP contribution is 2.17. The van der Waals surface area contributed by atoms with Crippen molar-refractivity contribution in [2.24, 2.45) is 5.18 Å². The molecule has 4 nitrogen and oxygen atoms in total. The van der Waals surface area contributed by atoms with Crippen LogP contribution < -0.4 is 0 Å². The number of esters is 1. The Morgan fingerprint density at radius 3 is 2.55 bits per heavy atom. The molecule has 0 N–H and O–H groups in total. The summed E-state index contributed by atoms with van der Waals surface area (Å²) in [6, 6.07) is 0. The summed E-state index contributed by atoms with van der Waals surface area (Å²) < 4.78 is 3.98. The predicted molar refractivity (Wildman–Crippen MR) is 44.6 cm³/mol. The monoisotopic (exact) mass is 223 g/mol. The van der Waals surface area contributed by atoms with E-state index in [1.165, 1.54) is 0 Å². The van der Waals surface area contributed by atoms with Gasteiger partial charge in [0.25, 0.3) is 0 Å². The summed E-state index contributed by atoms with van der Waals surface area (Å²) in [6.07, 6.45) is 0. The molecule has 0 saturated heterocycles. The van der Waals surface area contributed by atoms with Crippen LogP contribution in [-0.4, -0.2) is 23.4 Å². The van der Waals surface area contributed by atoms with Crippen LogP contribution in [0.25, 0.3) is 0 Å². The van der Waals surface area contributed by atoms with Crippen molar-refractivity contribution in [3.8, 4) is 0 Å². The van der Waals surface area contributed by atoms with E-state index in [1.807, 2.05) is 0 Å². The summed E-state index contributed by atoms with van der Waals surface area (Å²) in [5.74, 6) is -0.388. The molecule has 0 amide bonds. The lowest BCUT2D eigenvalue weighted by Gasteiger charge is -2.13. The molecular weight excluding hydrogens is 214 g/mol. The Bertz CT molecular complexity index is 152. The van der Waals surface area contributed by atoms with Gasteiger partial charge in [-0.2, -0.15) is 4.91 Å². The SMILES string of the molecule is CC(C)(Br)C(=O)OCCN=O. The van der Waals surface area contributed by atoms with Gasteiger partial charge >= 0.3 is 5.97 Å². The van der Waals surface area contributed by atoms with Gasteiger partial charge in [0.2, 0.25) is 0 Å². The van der Waals surface area contributed by atoms with E-state index >= 15 is 0 Å². The Morgan fingerprint density at radius 2 is 2.18 bits per heavy atom. The maximum Gasteiger partial charge on any atom is 0.322 e. The predicted octanol–water partition coefficient (Wildman–Crippen LogP) is 1.47. The molecule has 64 valence electrons. The Labute approximate surface area is 73.4 Å². The van der Waals surface area contributed by atoms with E-state index in [4.69, 9.17) is 0 Å². The van der Waals surface area contributed by atoms with E-state index in [9.17, 15) is 9.70 Å². The van der Waals surface area contributed by atoms with E-state index in [0.717, 1.165) is 0 Å². The molecule has 0 aliphatic rings. The average molecular weight is 224 g/mol. The smallest absolute Gasteiger partial charge is 0.322 e. The maximum atomic E-state index is 10.9. The molecule has 0 heterocycles. The van der Waals surface area contributed by atoms with Crippen molar-refractivity contribution in [1.29, 1.82) is 0 Å². The van der Waals surface area contributed by atoms with Crippen LogP contribution in [0.2, 0.25) is 0 Å². The zero-order valence-electron chi connectivity index (χ0n) is 6.46. The third-order valence-corrected chi connectivity index (χ3v) is 1.22. The van der Waals surface area contributed by atoms with Gasteiger partial charge < -0.3 is 4.74 Å². The fourth-order valence-corrected chi connectivity index (χ4v) is 0.462. The van der Waals surface area contributed by atoms with Gasteiger partial charge in [0.15, 0.2) is 0 Å². The lowest BCUT2D eigenvalue weighted by atomic mass is 10.2. The van der Waals surface area contributed by atoms with Crippen molar-refractivity contribution in [1.82, 2.24) is 0 Å². The highest BCUT2D eigenvalue weighted by atomic mass is 79.9. The number of carbonyl (C=O) groups excluding carboxylic acids is 1. The van der Waals surface area contributed by atoms with E-state index in [1.54, 1.807) is 13.8 Å². The summed E-state index contributed by atoms with van der Waals surface area (Å²) in [5, 5.41) is 2.55. The number of hydrogen-bond donors (Lipinski definition) is 0. The largest absolute Gasteiger partial charge is 0.463 e. The third-order valence-electron chi connectivity index (χ3n) is 0.901. The zero-order chi connectivity index (χ0) is 8.91. The molecule has 0 aromatic rings. The number of nitroso groups, excluding NO2 is 1. The van der Waals surface area contributed by atoms with Crippen LogP contribution in [-0.2, 0) is 9.53 Å². The number of carbonyl (C=O) groups is 1. The molecule has 0 rings (SSSR count). The lowest BCUT2D eigenvalue weighted by Crippen LogP contribution is -2.27. The molecule has 0 atom stereocenters. The molecule has 0 aliphatic heterocycles. The quantitative estimate of drug-likeness (QED) is 0.314. The highest BCUT2D eigenvalue weighted by molar-refractivity contribution is 9.10. The Morgan fingerprint density at radius 1 is 1.64 bits per heavy atom. The van der Waals surface area contributed by atoms with Crippen LogP contribution in [0.5, 0.6) is 0 Å². The Balaban J connectivity index is 3.62. The van der Waals surface area contributed by atoms with Gasteiger partial charge in [-0.3, -0.25) is 4.79 Å². The number of halogens is 1. The molecule has 0 radical (unpaired) electrons. The zero-order valence-corrected chi connectivity index (χ0v) is 8.05. The first-order valence-electron chi connectivity index (χ1n) is 3.13. The number of nitrogens with zero attached hydrogens (tertiary/aromatic N) is 1. The molecule has 0 aliphatic carbocycles. The Kier molecular flexibility index (Phi) is 4.25. The van der Waals surface area contributed by atoms with Gasteiger partial charge in [-0.25, -0.2) is 0 Å². The summed E-state index contributed by atoms with van der Waals surface area (Å²) in [6.45, 7) is 3.40. The number of rotatable bonds is 4. The van der Waals surface area contributed by atoms with Crippen LogP contribution in [0.1, 0.15) is 13.8 Å². The van der Waals surface area contributed by atoms with E-state index < -0.39 is 4.32 Å². The van der Waals surface area contributed by atoms with Crippen LogP contribution in [0.4, 0.5) is 0 Å². The minimum atomic E-state index is -0.685. The van der Waals surface area contributed by atoms with E-state index in [0.29, 0.717) is 0 Å². The van der Waals surface area contributed by atoms with Crippen molar-refractivity contribution in [3.63, 3.8) is 0 Å². The maximum absolute atomic E-state index is 10.9. The summed E-state index contributed by atoms with van der Waals surface area (Å²) in [4.78, 5) is 20.5. The molecule has 11 heavy (non-hydrogen) atoms. The molecule has 5 heteroatoms. The molecule has 0 aromatic heterocycles. The van der Waals surface area contributed by atoms with Crippen LogP contribution in [0, 0.1) is 4.91 Å². The molecule has 0 unspecified atom stereocenters. The first kappa shape index (κ1) is 10.6. The van der Waals surface area contributed by atoms with Crippen molar-refractivity contribution in [2.75, 3.05) is 13.2 Å². The van der Waals surface area contributed by atoms with Gasteiger partial charge in [0.1, 0.15) is 17.5 Å². The minimum Gasteiger partial charge on any atom is -0.463 e. The number of hydrogen-bond acceptors (Lipinski definition) is 4. The Hall–Kier alpha value is -0.450. The van der Waals surface area contributed by atoms with Gasteiger partial charge in [0.05, 0.1) is 0 Å². The fourth-order valence-electron chi connectivity index (χ4n) is 0.347. The standard InChI is InChI=1S/C6H10BrNO3/c1-6(2,7)5(9)11-4-3-8-10/h3-4H2,1-2H3. The minimum absolute atomic E-state index is 0.00875. The van der Waals surface area contributed by atoms with Crippen molar-refractivity contribution < 1.29 is 9.53 Å². The summed E-state index contributed by atoms with van der Waals surface area (Å²) >= 11 is 3.11. The van der Waals surface area contributed by atoms with Crippen molar-refractivity contribution in [2.45, 2.75) is 18.2 Å². The third kappa shape index (κ3) is 4.89. The second-order valence-electron chi connectivity index (χ2n) is 2.46. The molecular formula is C6H10BrNO3. The number of alkyl halides is 1. The fraction of sp³-hybridized carbons (Fsp3) is 0.833. The van der Waals surface area contributed by atoms with Crippen molar-refractivity contribution >= 4 is 21.9 Å². The summed E-state index contributed by atoms with van der Waals surface area (Å²) in [5.41, 5.74) is 0. The topological polar surface area (TPSA) is 55.7 Å². The first-order valence-corrected chi connectivity index (χ1v) is 3.93. The molecule has 0 spiro atoms. The molecule has 0 fully saturated rings. The normalized spacial score (nSPS) is 10.8. The van der Waals surface area contributed by atoms with Gasteiger partial charge in [-0.1, -0.05) is 21.1 Å². The van der Waals surface area contributed by atoms with Crippen LogP contribution in [0.3, 0.4) is 0 Å². The van der Waals surface area contributed by atoms with Gasteiger partial charge in [-0.05, 0) is 13.8 Å². The first-order chi connectivity index (χ1) is 4.98. The van der Waals surface area contributed by atoms with Crippen LogP contribution >= 0.6 is 15.9 Å². The number of ether oxygens (including phenoxy) is 1. The molecule has 0 bridgehead atoms. The lowest BCUT2D eigenvalue weighted by molar-refractivity contribution is -0.145. The molecule has 0 saturated carbocycles. The van der Waals surface area contributed by atoms with E-state index in [2.05, 4.69) is 25.8 Å². The summed E-state index contributed by atoms with van der Waals surface area (Å²) in [7, 11) is 0. The van der Waals surface area contributed by atoms with Crippen molar-refractivity contribution in [3.05, 3.63) is 4.91 Å². The second kappa shape index (κ2) is 4.43. The average Bonchev–Trinajstić information content (AvgIpc) is 1.86. The van der Waals surface area contributed by atoms with E-state index in [-0.39, 0.29) is 19.1 Å². The van der Waals surface area contributed by atoms with Gasteiger partial charge in [0, 0.05) is 0 Å². The van der Waals surface area contributed by atoms with Gasteiger partial charge in [-0.15, -0.1) is 0 Å². The second-order valence-corrected chi connectivity index (χ2v) is 4.44.